The summed E-state index contributed by atoms with van der Waals surface area (Å²) in [5.74, 6) is 1.55. The van der Waals surface area contributed by atoms with Gasteiger partial charge in [-0.2, -0.15) is 5.10 Å². The monoisotopic (exact) mass is 522 g/mol. The summed E-state index contributed by atoms with van der Waals surface area (Å²) in [5, 5.41) is 8.35. The van der Waals surface area contributed by atoms with Gasteiger partial charge in [0.2, 0.25) is 5.88 Å². The summed E-state index contributed by atoms with van der Waals surface area (Å²) < 4.78 is 7.18. The molecule has 2 aromatic heterocycles. The van der Waals surface area contributed by atoms with Crippen LogP contribution in [-0.2, 0) is 11.0 Å². The summed E-state index contributed by atoms with van der Waals surface area (Å²) in [6, 6.07) is 23.0. The predicted octanol–water partition coefficient (Wildman–Crippen LogP) is 7.58. The molecule has 0 fully saturated rings. The van der Waals surface area contributed by atoms with Gasteiger partial charge in [0.25, 0.3) is 0 Å². The van der Waals surface area contributed by atoms with E-state index >= 15 is 0 Å². The van der Waals surface area contributed by atoms with Crippen LogP contribution in [0.1, 0.15) is 80.9 Å². The van der Waals surface area contributed by atoms with Gasteiger partial charge in [-0.15, -0.1) is 0 Å². The zero-order chi connectivity index (χ0) is 27.6. The van der Waals surface area contributed by atoms with Gasteiger partial charge in [-0.3, -0.25) is 4.79 Å². The highest BCUT2D eigenvalue weighted by molar-refractivity contribution is 6.01. The number of benzene rings is 2. The number of Topliss-reactive ketones (excluding diaryl/α,β-unsaturated/α-hetero) is 1. The number of pyridine rings is 1. The van der Waals surface area contributed by atoms with Crippen molar-refractivity contribution in [3.05, 3.63) is 95.8 Å². The van der Waals surface area contributed by atoms with Gasteiger partial charge in [0, 0.05) is 29.7 Å². The smallest absolute Gasteiger partial charge is 0.212 e. The second-order valence-corrected chi connectivity index (χ2v) is 11.2. The number of methoxy groups -OCH3 is 1. The van der Waals surface area contributed by atoms with E-state index in [4.69, 9.17) is 4.74 Å². The molecule has 0 aliphatic carbocycles. The van der Waals surface area contributed by atoms with Crippen molar-refractivity contribution in [1.82, 2.24) is 14.8 Å². The number of rotatable bonds is 9. The predicted molar refractivity (Wildman–Crippen MR) is 156 cm³/mol. The molecule has 6 heteroatoms. The van der Waals surface area contributed by atoms with Crippen molar-refractivity contribution >= 4 is 11.6 Å². The molecule has 0 spiro atoms. The van der Waals surface area contributed by atoms with Crippen molar-refractivity contribution < 1.29 is 9.53 Å². The Balaban J connectivity index is 1.42. The van der Waals surface area contributed by atoms with Crippen LogP contribution in [0.4, 0.5) is 5.82 Å². The lowest BCUT2D eigenvalue weighted by molar-refractivity contribution is 0.0944. The molecule has 0 amide bonds. The number of carbonyl (C=O) groups is 1. The average Bonchev–Trinajstić information content (AvgIpc) is 3.42. The quantitative estimate of drug-likeness (QED) is 0.230. The van der Waals surface area contributed by atoms with Crippen LogP contribution in [0, 0.1) is 0 Å². The van der Waals surface area contributed by atoms with Gasteiger partial charge < -0.3 is 10.1 Å². The Labute approximate surface area is 231 Å². The van der Waals surface area contributed by atoms with Crippen LogP contribution >= 0.6 is 0 Å². The summed E-state index contributed by atoms with van der Waals surface area (Å²) in [6.45, 7) is 8.74. The van der Waals surface area contributed by atoms with Gasteiger partial charge in [0.05, 0.1) is 30.5 Å². The number of ketones is 1. The van der Waals surface area contributed by atoms with Crippen LogP contribution < -0.4 is 10.1 Å². The normalized spacial score (nSPS) is 16.3. The Kier molecular flexibility index (Phi) is 7.30. The van der Waals surface area contributed by atoms with Gasteiger partial charge in [0.15, 0.2) is 5.78 Å². The standard InChI is InChI=1S/C33H38N4O2/c1-6-33(7-2,26-16-13-23(14-17-26)25-15-18-30(39-5)34-21-25)20-29(38)27-22-35-37-31(27)36-28(19-32(37,3)4)24-11-9-8-10-12-24/h8-18,21-22,28,36H,6-7,19-20H2,1-5H3. The van der Waals surface area contributed by atoms with Gasteiger partial charge in [0.1, 0.15) is 5.82 Å². The number of anilines is 1. The maximum atomic E-state index is 14.0. The van der Waals surface area contributed by atoms with Gasteiger partial charge >= 0.3 is 0 Å². The van der Waals surface area contributed by atoms with E-state index in [2.05, 4.69) is 91.6 Å². The van der Waals surface area contributed by atoms with E-state index in [1.54, 1.807) is 13.3 Å². The van der Waals surface area contributed by atoms with Crippen LogP contribution in [0.15, 0.2) is 79.1 Å². The van der Waals surface area contributed by atoms with Crippen LogP contribution in [0.3, 0.4) is 0 Å². The molecular formula is C33H38N4O2. The van der Waals surface area contributed by atoms with E-state index in [9.17, 15) is 4.79 Å². The molecule has 1 unspecified atom stereocenters. The van der Waals surface area contributed by atoms with Crippen LogP contribution in [-0.4, -0.2) is 27.7 Å². The zero-order valence-electron chi connectivity index (χ0n) is 23.6. The molecule has 1 aliphatic rings. The number of hydrogen-bond acceptors (Lipinski definition) is 5. The molecule has 1 N–H and O–H groups in total. The molecule has 1 atom stereocenters. The van der Waals surface area contributed by atoms with Gasteiger partial charge in [-0.25, -0.2) is 9.67 Å². The van der Waals surface area contributed by atoms with Crippen molar-refractivity contribution in [2.75, 3.05) is 12.4 Å². The highest BCUT2D eigenvalue weighted by Crippen LogP contribution is 2.42. The van der Waals surface area contributed by atoms with Crippen LogP contribution in [0.5, 0.6) is 5.88 Å². The van der Waals surface area contributed by atoms with Crippen molar-refractivity contribution in [2.24, 2.45) is 0 Å². The third kappa shape index (κ3) is 5.08. The van der Waals surface area contributed by atoms with E-state index in [-0.39, 0.29) is 22.8 Å². The first kappa shape index (κ1) is 26.7. The lowest BCUT2D eigenvalue weighted by Crippen LogP contribution is -2.38. The third-order valence-corrected chi connectivity index (χ3v) is 8.49. The van der Waals surface area contributed by atoms with Gasteiger partial charge in [-0.05, 0) is 55.9 Å². The molecule has 0 saturated carbocycles. The summed E-state index contributed by atoms with van der Waals surface area (Å²) in [7, 11) is 1.62. The van der Waals surface area contributed by atoms with Crippen molar-refractivity contribution in [2.45, 2.75) is 70.4 Å². The molecule has 6 nitrogen and oxygen atoms in total. The minimum atomic E-state index is -0.258. The van der Waals surface area contributed by atoms with Crippen molar-refractivity contribution in [3.8, 4) is 17.0 Å². The molecule has 2 aromatic carbocycles. The summed E-state index contributed by atoms with van der Waals surface area (Å²) in [4.78, 5) is 18.3. The number of nitrogens with one attached hydrogen (secondary N) is 1. The molecule has 5 rings (SSSR count). The van der Waals surface area contributed by atoms with E-state index in [1.165, 1.54) is 11.1 Å². The first-order valence-corrected chi connectivity index (χ1v) is 13.8. The van der Waals surface area contributed by atoms with E-state index in [0.29, 0.717) is 17.9 Å². The number of nitrogens with zero attached hydrogens (tertiary/aromatic N) is 3. The number of carbonyl (C=O) groups excluding carboxylic acids is 1. The minimum absolute atomic E-state index is 0.124. The van der Waals surface area contributed by atoms with Crippen LogP contribution in [0.2, 0.25) is 0 Å². The maximum Gasteiger partial charge on any atom is 0.212 e. The third-order valence-electron chi connectivity index (χ3n) is 8.49. The summed E-state index contributed by atoms with van der Waals surface area (Å²) >= 11 is 0. The SMILES string of the molecule is CCC(CC)(CC(=O)c1cnn2c1NC(c1ccccc1)CC2(C)C)c1ccc(-c2ccc(OC)nc2)cc1. The number of aromatic nitrogens is 3. The molecule has 1 aliphatic heterocycles. The van der Waals surface area contributed by atoms with E-state index < -0.39 is 0 Å². The second-order valence-electron chi connectivity index (χ2n) is 11.2. The lowest BCUT2D eigenvalue weighted by Gasteiger charge is -2.38. The topological polar surface area (TPSA) is 69.0 Å². The Morgan fingerprint density at radius 3 is 2.31 bits per heavy atom. The molecule has 0 bridgehead atoms. The molecule has 0 saturated heterocycles. The first-order valence-electron chi connectivity index (χ1n) is 13.8. The molecule has 4 aromatic rings. The Morgan fingerprint density at radius 1 is 1.00 bits per heavy atom. The molecule has 0 radical (unpaired) electrons. The summed E-state index contributed by atoms with van der Waals surface area (Å²) in [6.07, 6.45) is 6.64. The fourth-order valence-electron chi connectivity index (χ4n) is 5.94. The van der Waals surface area contributed by atoms with E-state index in [0.717, 1.165) is 36.2 Å². The zero-order valence-corrected chi connectivity index (χ0v) is 23.6. The number of hydrogen-bond donors (Lipinski definition) is 1. The molecule has 3 heterocycles. The number of ether oxygens (including phenoxy) is 1. The first-order chi connectivity index (χ1) is 18.8. The fraction of sp³-hybridized carbons (Fsp3) is 0.364. The highest BCUT2D eigenvalue weighted by Gasteiger charge is 2.38. The Hall–Kier alpha value is -3.93. The van der Waals surface area contributed by atoms with Crippen molar-refractivity contribution in [1.29, 1.82) is 0 Å². The van der Waals surface area contributed by atoms with Crippen LogP contribution in [0.25, 0.3) is 11.1 Å². The average molecular weight is 523 g/mol. The number of fused-ring (bicyclic) bond motifs is 1. The Morgan fingerprint density at radius 2 is 1.69 bits per heavy atom. The highest BCUT2D eigenvalue weighted by atomic mass is 16.5. The second kappa shape index (κ2) is 10.7. The van der Waals surface area contributed by atoms with Gasteiger partial charge in [-0.1, -0.05) is 68.4 Å². The Bertz CT molecular complexity index is 1420. The van der Waals surface area contributed by atoms with E-state index in [1.807, 2.05) is 29.1 Å². The lowest BCUT2D eigenvalue weighted by atomic mass is 9.71. The molecule has 202 valence electrons. The fourth-order valence-corrected chi connectivity index (χ4v) is 5.94. The maximum absolute atomic E-state index is 14.0. The molecule has 39 heavy (non-hydrogen) atoms. The largest absolute Gasteiger partial charge is 0.481 e. The molecular weight excluding hydrogens is 484 g/mol. The van der Waals surface area contributed by atoms with Crippen molar-refractivity contribution in [3.63, 3.8) is 0 Å². The minimum Gasteiger partial charge on any atom is -0.481 e. The summed E-state index contributed by atoms with van der Waals surface area (Å²) in [5.41, 5.74) is 4.73.